The minimum absolute atomic E-state index is 0.0726. The molecule has 3 saturated heterocycles. The van der Waals surface area contributed by atoms with Crippen molar-refractivity contribution < 1.29 is 63.0 Å². The van der Waals surface area contributed by atoms with Gasteiger partial charge >= 0.3 is 35.8 Å². The van der Waals surface area contributed by atoms with Crippen LogP contribution in [0.15, 0.2) is 0 Å². The van der Waals surface area contributed by atoms with Crippen molar-refractivity contribution in [2.45, 2.75) is 110 Å². The number of aliphatic hydroxyl groups excluding tert-OH is 1. The Morgan fingerprint density at radius 2 is 1.45 bits per heavy atom. The van der Waals surface area contributed by atoms with E-state index in [1.54, 1.807) is 13.8 Å². The summed E-state index contributed by atoms with van der Waals surface area (Å²) < 4.78 is 22.7. The van der Waals surface area contributed by atoms with Crippen LogP contribution in [0.25, 0.3) is 0 Å². The van der Waals surface area contributed by atoms with Crippen molar-refractivity contribution in [3.05, 3.63) is 0 Å². The van der Waals surface area contributed by atoms with Crippen LogP contribution >= 0.6 is 0 Å². The van der Waals surface area contributed by atoms with Crippen LogP contribution in [0.1, 0.15) is 86.5 Å². The predicted molar refractivity (Wildman–Crippen MR) is 183 cm³/mol. The number of fused-ring (bicyclic) bond motifs is 6. The molecule has 0 aromatic carbocycles. The fourth-order valence-electron chi connectivity index (χ4n) is 13.0. The van der Waals surface area contributed by atoms with Crippen LogP contribution in [0.4, 0.5) is 0 Å². The predicted octanol–water partition coefficient (Wildman–Crippen LogP) is 3.97. The summed E-state index contributed by atoms with van der Waals surface area (Å²) >= 11 is 0. The number of carbonyl (C=O) groups excluding carboxylic acids is 4. The average molecular weight is 745 g/mol. The zero-order chi connectivity index (χ0) is 38.4. The van der Waals surface area contributed by atoms with Crippen LogP contribution in [0.2, 0.25) is 0 Å². The topological polar surface area (TPSA) is 200 Å². The van der Waals surface area contributed by atoms with E-state index in [0.29, 0.717) is 19.3 Å². The molecule has 13 nitrogen and oxygen atoms in total. The minimum atomic E-state index is -1.16. The van der Waals surface area contributed by atoms with Crippen LogP contribution in [0, 0.1) is 94.7 Å². The lowest BCUT2D eigenvalue weighted by atomic mass is 9.55. The minimum Gasteiger partial charge on any atom is -0.481 e. The number of carbonyl (C=O) groups is 6. The van der Waals surface area contributed by atoms with Gasteiger partial charge in [-0.1, -0.05) is 13.8 Å². The first-order chi connectivity index (χ1) is 24.9. The van der Waals surface area contributed by atoms with Gasteiger partial charge in [-0.2, -0.15) is 0 Å². The highest BCUT2D eigenvalue weighted by Crippen LogP contribution is 2.69. The van der Waals surface area contributed by atoms with Gasteiger partial charge in [0, 0.05) is 0 Å². The van der Waals surface area contributed by atoms with E-state index >= 15 is 0 Å². The van der Waals surface area contributed by atoms with Gasteiger partial charge in [-0.05, 0) is 132 Å². The maximum Gasteiger partial charge on any atom is 0.317 e. The number of carboxylic acids is 2. The van der Waals surface area contributed by atoms with Gasteiger partial charge in [0.1, 0.15) is 12.2 Å². The highest BCUT2D eigenvalue weighted by atomic mass is 16.6. The summed E-state index contributed by atoms with van der Waals surface area (Å²) in [5, 5.41) is 30.6. The second kappa shape index (κ2) is 13.9. The van der Waals surface area contributed by atoms with Crippen molar-refractivity contribution >= 4 is 35.8 Å². The first-order valence-corrected chi connectivity index (χ1v) is 19.8. The molecule has 7 fully saturated rings. The molecule has 19 atom stereocenters. The van der Waals surface area contributed by atoms with Crippen molar-refractivity contribution in [2.75, 3.05) is 6.61 Å². The SMILES string of the molecule is CC(O)COC(=O)C1CC2OC1C(CCC1C3CC(C(=O)OC(C)(C)C)C(C3)C1C1C(CC3C(=O)OC(=O)C3C)C3CC1C(C(=O)O)C3C(=O)O)C2C. The zero-order valence-electron chi connectivity index (χ0n) is 31.6. The highest BCUT2D eigenvalue weighted by molar-refractivity contribution is 5.96. The molecular formula is C40H56O13. The standard InChI is InChI=1S/C40H56O13/c1-15(41)14-50-37(47)27-13-28-16(2)19(33(27)51-28)7-8-20-18-9-22(25(10-18)39(49)53-40(4,5)6)29(20)30-23(11-21-17(3)36(46)52-38(21)48)24-12-26(30)32(35(44)45)31(24)34(42)43/h15-33,41H,7-14H2,1-6H3,(H,42,43)(H,44,45). The molecule has 294 valence electrons. The number of esters is 4. The Bertz CT molecular complexity index is 1520. The maximum absolute atomic E-state index is 13.8. The largest absolute Gasteiger partial charge is 0.481 e. The first-order valence-electron chi connectivity index (χ1n) is 19.8. The average Bonchev–Trinajstić information content (AvgIpc) is 3.92. The van der Waals surface area contributed by atoms with Crippen LogP contribution in [0.3, 0.4) is 0 Å². The summed E-state index contributed by atoms with van der Waals surface area (Å²) in [6.45, 7) is 10.8. The molecule has 3 N–H and O–H groups in total. The molecule has 13 heteroatoms. The van der Waals surface area contributed by atoms with Gasteiger partial charge in [-0.3, -0.25) is 28.8 Å². The summed E-state index contributed by atoms with van der Waals surface area (Å²) in [4.78, 5) is 77.9. The lowest BCUT2D eigenvalue weighted by Crippen LogP contribution is -2.49. The maximum atomic E-state index is 13.8. The van der Waals surface area contributed by atoms with E-state index in [1.807, 2.05) is 20.8 Å². The van der Waals surface area contributed by atoms with Crippen LogP contribution in [0.5, 0.6) is 0 Å². The molecule has 19 unspecified atom stereocenters. The number of rotatable bonds is 12. The van der Waals surface area contributed by atoms with Gasteiger partial charge in [0.15, 0.2) is 0 Å². The smallest absolute Gasteiger partial charge is 0.317 e. The third kappa shape index (κ3) is 6.59. The molecule has 7 aliphatic rings. The molecule has 7 rings (SSSR count). The van der Waals surface area contributed by atoms with Gasteiger partial charge in [-0.25, -0.2) is 0 Å². The Labute approximate surface area is 310 Å². The van der Waals surface area contributed by atoms with Gasteiger partial charge < -0.3 is 34.3 Å². The number of ether oxygens (including phenoxy) is 4. The highest BCUT2D eigenvalue weighted by Gasteiger charge is 2.69. The number of cyclic esters (lactones) is 2. The number of hydrogen-bond donors (Lipinski definition) is 3. The van der Waals surface area contributed by atoms with Crippen molar-refractivity contribution in [2.24, 2.45) is 94.7 Å². The molecule has 0 spiro atoms. The first kappa shape index (κ1) is 38.2. The molecule has 0 amide bonds. The Hall–Kier alpha value is -3.06. The number of aliphatic carboxylic acids is 2. The Morgan fingerprint density at radius 1 is 0.811 bits per heavy atom. The summed E-state index contributed by atoms with van der Waals surface area (Å²) in [5.74, 6) is -9.80. The Morgan fingerprint density at radius 3 is 2.04 bits per heavy atom. The molecule has 0 aromatic heterocycles. The van der Waals surface area contributed by atoms with E-state index in [0.717, 1.165) is 19.3 Å². The van der Waals surface area contributed by atoms with E-state index < -0.39 is 77.0 Å². The lowest BCUT2D eigenvalue weighted by molar-refractivity contribution is -0.166. The van der Waals surface area contributed by atoms with Gasteiger partial charge in [0.05, 0.1) is 53.8 Å². The number of hydrogen-bond acceptors (Lipinski definition) is 11. The van der Waals surface area contributed by atoms with E-state index in [4.69, 9.17) is 18.9 Å². The number of carboxylic acid groups (broad SMARTS) is 2. The molecule has 53 heavy (non-hydrogen) atoms. The molecule has 0 radical (unpaired) electrons. The van der Waals surface area contributed by atoms with Crippen molar-refractivity contribution in [3.63, 3.8) is 0 Å². The molecular weight excluding hydrogens is 688 g/mol. The number of aliphatic hydroxyl groups is 1. The molecule has 3 aliphatic heterocycles. The fourth-order valence-corrected chi connectivity index (χ4v) is 13.0. The monoisotopic (exact) mass is 744 g/mol. The molecule has 0 aromatic rings. The van der Waals surface area contributed by atoms with Gasteiger partial charge in [0.2, 0.25) is 0 Å². The molecule has 4 saturated carbocycles. The molecule has 4 aliphatic carbocycles. The van der Waals surface area contributed by atoms with Crippen LogP contribution < -0.4 is 0 Å². The lowest BCUT2D eigenvalue weighted by Gasteiger charge is -2.48. The fraction of sp³-hybridized carbons (Fsp3) is 0.850. The summed E-state index contributed by atoms with van der Waals surface area (Å²) in [7, 11) is 0. The van der Waals surface area contributed by atoms with Crippen molar-refractivity contribution in [1.82, 2.24) is 0 Å². The quantitative estimate of drug-likeness (QED) is 0.147. The van der Waals surface area contributed by atoms with Gasteiger partial charge in [0.25, 0.3) is 0 Å². The van der Waals surface area contributed by atoms with Gasteiger partial charge in [-0.15, -0.1) is 0 Å². The third-order valence-corrected chi connectivity index (χ3v) is 14.9. The third-order valence-electron chi connectivity index (χ3n) is 14.9. The second-order valence-electron chi connectivity index (χ2n) is 18.7. The Balaban J connectivity index is 1.20. The van der Waals surface area contributed by atoms with Crippen LogP contribution in [-0.2, 0) is 47.7 Å². The molecule has 3 heterocycles. The zero-order valence-corrected chi connectivity index (χ0v) is 31.6. The van der Waals surface area contributed by atoms with E-state index in [2.05, 4.69) is 6.92 Å². The molecule has 6 bridgehead atoms. The van der Waals surface area contributed by atoms with Crippen molar-refractivity contribution in [1.29, 1.82) is 0 Å². The van der Waals surface area contributed by atoms with E-state index in [9.17, 15) is 44.1 Å². The second-order valence-corrected chi connectivity index (χ2v) is 18.7. The summed E-state index contributed by atoms with van der Waals surface area (Å²) in [6, 6.07) is 0. The summed E-state index contributed by atoms with van der Waals surface area (Å²) in [6.07, 6.45) is 3.03. The van der Waals surface area contributed by atoms with Crippen LogP contribution in [-0.4, -0.2) is 81.7 Å². The normalized spacial score (nSPS) is 45.8. The van der Waals surface area contributed by atoms with E-state index in [1.165, 1.54) is 0 Å². The Kier molecular flexibility index (Phi) is 10.0. The summed E-state index contributed by atoms with van der Waals surface area (Å²) in [5.41, 5.74) is -0.692. The van der Waals surface area contributed by atoms with E-state index in [-0.39, 0.29) is 90.4 Å². The van der Waals surface area contributed by atoms with Crippen molar-refractivity contribution in [3.8, 4) is 0 Å².